The van der Waals surface area contributed by atoms with Gasteiger partial charge >= 0.3 is 5.76 Å². The molecule has 0 fully saturated rings. The van der Waals surface area contributed by atoms with E-state index in [-0.39, 0.29) is 17.8 Å². The fourth-order valence-corrected chi connectivity index (χ4v) is 2.97. The van der Waals surface area contributed by atoms with Crippen molar-refractivity contribution in [3.8, 4) is 22.8 Å². The molecule has 0 saturated carbocycles. The molecule has 2 aromatic carbocycles. The van der Waals surface area contributed by atoms with Crippen LogP contribution in [0.25, 0.3) is 33.9 Å². The summed E-state index contributed by atoms with van der Waals surface area (Å²) in [5, 5.41) is 4.21. The van der Waals surface area contributed by atoms with E-state index in [1.807, 2.05) is 13.8 Å². The molecule has 2 heterocycles. The highest BCUT2D eigenvalue weighted by Crippen LogP contribution is 2.30. The second-order valence-corrected chi connectivity index (χ2v) is 6.47. The quantitative estimate of drug-likeness (QED) is 0.521. The summed E-state index contributed by atoms with van der Waals surface area (Å²) in [6.45, 7) is 3.80. The number of hydrogen-bond acceptors (Lipinski definition) is 5. The van der Waals surface area contributed by atoms with Gasteiger partial charge in [0.15, 0.2) is 5.58 Å². The van der Waals surface area contributed by atoms with Crippen LogP contribution in [0, 0.1) is 5.82 Å². The van der Waals surface area contributed by atoms with Gasteiger partial charge in [-0.3, -0.25) is 4.57 Å². The molecule has 132 valence electrons. The largest absolute Gasteiger partial charge is 0.420 e. The molecule has 0 aliphatic carbocycles. The summed E-state index contributed by atoms with van der Waals surface area (Å²) in [4.78, 5) is 16.3. The molecule has 0 atom stereocenters. The highest BCUT2D eigenvalue weighted by molar-refractivity contribution is 6.33. The molecule has 0 bridgehead atoms. The van der Waals surface area contributed by atoms with Crippen LogP contribution in [0.2, 0.25) is 5.02 Å². The predicted octanol–water partition coefficient (Wildman–Crippen LogP) is 4.68. The highest BCUT2D eigenvalue weighted by Gasteiger charge is 2.17. The van der Waals surface area contributed by atoms with Gasteiger partial charge in [0.25, 0.3) is 5.89 Å². The van der Waals surface area contributed by atoms with E-state index < -0.39 is 11.6 Å². The normalized spacial score (nSPS) is 11.6. The van der Waals surface area contributed by atoms with Crippen LogP contribution >= 0.6 is 11.6 Å². The van der Waals surface area contributed by atoms with Crippen LogP contribution in [0.3, 0.4) is 0 Å². The van der Waals surface area contributed by atoms with Gasteiger partial charge in [-0.15, -0.1) is 0 Å². The lowest BCUT2D eigenvalue weighted by atomic mass is 10.2. The first kappa shape index (κ1) is 16.5. The summed E-state index contributed by atoms with van der Waals surface area (Å²) in [7, 11) is 0. The zero-order chi connectivity index (χ0) is 18.4. The molecule has 0 saturated heterocycles. The van der Waals surface area contributed by atoms with Crippen molar-refractivity contribution in [2.24, 2.45) is 0 Å². The zero-order valence-corrected chi connectivity index (χ0v) is 14.6. The van der Waals surface area contributed by atoms with Gasteiger partial charge in [-0.2, -0.15) is 4.98 Å². The average molecular weight is 374 g/mol. The summed E-state index contributed by atoms with van der Waals surface area (Å²) in [6.07, 6.45) is 0. The Kier molecular flexibility index (Phi) is 3.88. The zero-order valence-electron chi connectivity index (χ0n) is 13.9. The summed E-state index contributed by atoms with van der Waals surface area (Å²) in [5.41, 5.74) is 2.02. The maximum absolute atomic E-state index is 13.4. The Labute approximate surface area is 151 Å². The molecule has 0 N–H and O–H groups in total. The monoisotopic (exact) mass is 373 g/mol. The number of benzene rings is 2. The third-order valence-corrected chi connectivity index (χ3v) is 4.30. The third kappa shape index (κ3) is 2.70. The van der Waals surface area contributed by atoms with Gasteiger partial charge in [0.1, 0.15) is 5.82 Å². The van der Waals surface area contributed by atoms with Gasteiger partial charge in [0.05, 0.1) is 16.1 Å². The number of halogens is 2. The molecule has 0 amide bonds. The van der Waals surface area contributed by atoms with Crippen LogP contribution in [0.4, 0.5) is 4.39 Å². The topological polar surface area (TPSA) is 74.1 Å². The SMILES string of the molecule is CC(C)n1c(=O)oc2cc(-c3noc(-c4cc(F)ccc4Cl)n3)ccc21. The van der Waals surface area contributed by atoms with Crippen molar-refractivity contribution in [1.29, 1.82) is 0 Å². The average Bonchev–Trinajstić information content (AvgIpc) is 3.19. The number of rotatable bonds is 3. The minimum Gasteiger partial charge on any atom is -0.408 e. The molecular formula is C18H13ClFN3O3. The van der Waals surface area contributed by atoms with E-state index in [1.54, 1.807) is 22.8 Å². The maximum Gasteiger partial charge on any atom is 0.420 e. The summed E-state index contributed by atoms with van der Waals surface area (Å²) >= 11 is 6.07. The van der Waals surface area contributed by atoms with E-state index >= 15 is 0 Å². The highest BCUT2D eigenvalue weighted by atomic mass is 35.5. The summed E-state index contributed by atoms with van der Waals surface area (Å²) < 4.78 is 25.5. The Hall–Kier alpha value is -2.93. The van der Waals surface area contributed by atoms with Crippen molar-refractivity contribution in [1.82, 2.24) is 14.7 Å². The Morgan fingerprint density at radius 3 is 2.77 bits per heavy atom. The van der Waals surface area contributed by atoms with Gasteiger partial charge in [-0.1, -0.05) is 16.8 Å². The molecule has 26 heavy (non-hydrogen) atoms. The van der Waals surface area contributed by atoms with Crippen molar-refractivity contribution in [3.05, 3.63) is 57.8 Å². The van der Waals surface area contributed by atoms with Crippen LogP contribution in [-0.4, -0.2) is 14.7 Å². The van der Waals surface area contributed by atoms with Gasteiger partial charge < -0.3 is 8.94 Å². The van der Waals surface area contributed by atoms with Crippen LogP contribution < -0.4 is 5.76 Å². The number of oxazole rings is 1. The molecule has 6 nitrogen and oxygen atoms in total. The number of nitrogens with zero attached hydrogens (tertiary/aromatic N) is 3. The fraction of sp³-hybridized carbons (Fsp3) is 0.167. The lowest BCUT2D eigenvalue weighted by Crippen LogP contribution is -2.15. The van der Waals surface area contributed by atoms with E-state index in [0.717, 1.165) is 0 Å². The molecule has 4 aromatic rings. The molecule has 0 aliphatic heterocycles. The second-order valence-electron chi connectivity index (χ2n) is 6.06. The van der Waals surface area contributed by atoms with Crippen LogP contribution in [-0.2, 0) is 0 Å². The Morgan fingerprint density at radius 1 is 1.19 bits per heavy atom. The predicted molar refractivity (Wildman–Crippen MR) is 94.6 cm³/mol. The second kappa shape index (κ2) is 6.10. The van der Waals surface area contributed by atoms with E-state index in [9.17, 15) is 9.18 Å². The smallest absolute Gasteiger partial charge is 0.408 e. The molecule has 4 rings (SSSR count). The number of aromatic nitrogens is 3. The van der Waals surface area contributed by atoms with Crippen molar-refractivity contribution in [2.75, 3.05) is 0 Å². The van der Waals surface area contributed by atoms with Crippen LogP contribution in [0.5, 0.6) is 0 Å². The lowest BCUT2D eigenvalue weighted by Gasteiger charge is -2.04. The van der Waals surface area contributed by atoms with E-state index in [4.69, 9.17) is 20.5 Å². The van der Waals surface area contributed by atoms with Crippen LogP contribution in [0.15, 0.2) is 50.1 Å². The lowest BCUT2D eigenvalue weighted by molar-refractivity contribution is 0.432. The van der Waals surface area contributed by atoms with Gasteiger partial charge in [0.2, 0.25) is 5.82 Å². The molecule has 0 aliphatic rings. The minimum atomic E-state index is -0.456. The van der Waals surface area contributed by atoms with Crippen molar-refractivity contribution in [3.63, 3.8) is 0 Å². The first-order valence-electron chi connectivity index (χ1n) is 7.88. The minimum absolute atomic E-state index is 0.0264. The first-order chi connectivity index (χ1) is 12.4. The number of hydrogen-bond donors (Lipinski definition) is 0. The first-order valence-corrected chi connectivity index (χ1v) is 8.26. The summed E-state index contributed by atoms with van der Waals surface area (Å²) in [6, 6.07) is 9.06. The van der Waals surface area contributed by atoms with E-state index in [1.165, 1.54) is 18.2 Å². The molecule has 0 radical (unpaired) electrons. The molecular weight excluding hydrogens is 361 g/mol. The summed E-state index contributed by atoms with van der Waals surface area (Å²) in [5.74, 6) is -0.497. The fourth-order valence-electron chi connectivity index (χ4n) is 2.78. The number of fused-ring (bicyclic) bond motifs is 1. The Morgan fingerprint density at radius 2 is 2.00 bits per heavy atom. The third-order valence-electron chi connectivity index (χ3n) is 3.97. The van der Waals surface area contributed by atoms with Crippen LogP contribution in [0.1, 0.15) is 19.9 Å². The standard InChI is InChI=1S/C18H13ClFN3O3/c1-9(2)23-14-6-3-10(7-15(14)25-18(23)24)16-21-17(26-22-16)12-8-11(20)4-5-13(12)19/h3-9H,1-2H3. The van der Waals surface area contributed by atoms with E-state index in [0.29, 0.717) is 27.2 Å². The Bertz CT molecular complexity index is 1180. The maximum atomic E-state index is 13.4. The van der Waals surface area contributed by atoms with Gasteiger partial charge in [-0.05, 0) is 50.2 Å². The van der Waals surface area contributed by atoms with Crippen molar-refractivity contribution < 1.29 is 13.3 Å². The van der Waals surface area contributed by atoms with Crippen molar-refractivity contribution >= 4 is 22.7 Å². The van der Waals surface area contributed by atoms with Gasteiger partial charge in [-0.25, -0.2) is 9.18 Å². The molecule has 0 unspecified atom stereocenters. The molecule has 8 heteroatoms. The Balaban J connectivity index is 1.78. The van der Waals surface area contributed by atoms with Crippen molar-refractivity contribution in [2.45, 2.75) is 19.9 Å². The van der Waals surface area contributed by atoms with Gasteiger partial charge in [0, 0.05) is 11.6 Å². The van der Waals surface area contributed by atoms with E-state index in [2.05, 4.69) is 10.1 Å². The molecule has 0 spiro atoms. The molecule has 2 aromatic heterocycles.